The number of methoxy groups -OCH3 is 1. The summed E-state index contributed by atoms with van der Waals surface area (Å²) in [5.41, 5.74) is 10.9. The molecule has 0 saturated carbocycles. The summed E-state index contributed by atoms with van der Waals surface area (Å²) < 4.78 is 6.46. The quantitative estimate of drug-likeness (QED) is 0.904. The first-order chi connectivity index (χ1) is 7.69. The fourth-order valence-corrected chi connectivity index (χ4v) is 3.20. The van der Waals surface area contributed by atoms with Gasteiger partial charge in [0.2, 0.25) is 0 Å². The van der Waals surface area contributed by atoms with Crippen molar-refractivity contribution in [1.82, 2.24) is 0 Å². The number of hydrogen-bond donors (Lipinski definition) is 1. The van der Waals surface area contributed by atoms with E-state index < -0.39 is 0 Å². The van der Waals surface area contributed by atoms with E-state index in [4.69, 9.17) is 10.5 Å². The summed E-state index contributed by atoms with van der Waals surface area (Å²) in [7, 11) is 1.71. The lowest BCUT2D eigenvalue weighted by molar-refractivity contribution is 0.409. The standard InChI is InChI=1S/C13H16BrNO/c1-8-12-9(5-6-15)3-4-10(12)7-11(14)13(8)16-2/h5,7H,3-4,6,15H2,1-2H3/b9-5+. The number of rotatable bonds is 2. The second-order valence-corrected chi connectivity index (χ2v) is 4.87. The largest absolute Gasteiger partial charge is 0.495 e. The van der Waals surface area contributed by atoms with Crippen LogP contribution in [0.15, 0.2) is 16.6 Å². The van der Waals surface area contributed by atoms with Crippen LogP contribution in [0, 0.1) is 6.92 Å². The summed E-state index contributed by atoms with van der Waals surface area (Å²) >= 11 is 3.55. The zero-order valence-corrected chi connectivity index (χ0v) is 11.2. The second-order valence-electron chi connectivity index (χ2n) is 4.02. The van der Waals surface area contributed by atoms with E-state index in [-0.39, 0.29) is 0 Å². The Morgan fingerprint density at radius 2 is 2.25 bits per heavy atom. The minimum atomic E-state index is 0.604. The van der Waals surface area contributed by atoms with Crippen molar-refractivity contribution in [2.75, 3.05) is 13.7 Å². The van der Waals surface area contributed by atoms with Crippen LogP contribution in [0.1, 0.15) is 23.1 Å². The first-order valence-corrected chi connectivity index (χ1v) is 6.23. The third-order valence-corrected chi connectivity index (χ3v) is 3.70. The second kappa shape index (κ2) is 4.60. The highest BCUT2D eigenvalue weighted by Gasteiger charge is 2.22. The number of aryl methyl sites for hydroxylation is 1. The van der Waals surface area contributed by atoms with Crippen LogP contribution < -0.4 is 10.5 Å². The van der Waals surface area contributed by atoms with Gasteiger partial charge in [-0.25, -0.2) is 0 Å². The molecule has 0 unspecified atom stereocenters. The van der Waals surface area contributed by atoms with Gasteiger partial charge in [-0.15, -0.1) is 0 Å². The van der Waals surface area contributed by atoms with Crippen LogP contribution in [0.2, 0.25) is 0 Å². The summed E-state index contributed by atoms with van der Waals surface area (Å²) in [6.07, 6.45) is 4.31. The number of nitrogens with two attached hydrogens (primary N) is 1. The highest BCUT2D eigenvalue weighted by molar-refractivity contribution is 9.10. The van der Waals surface area contributed by atoms with Gasteiger partial charge in [0.05, 0.1) is 11.6 Å². The molecule has 3 heteroatoms. The molecule has 0 radical (unpaired) electrons. The van der Waals surface area contributed by atoms with Gasteiger partial charge in [-0.05, 0) is 64.0 Å². The predicted octanol–water partition coefficient (Wildman–Crippen LogP) is 3.05. The van der Waals surface area contributed by atoms with E-state index in [1.807, 2.05) is 0 Å². The molecule has 0 amide bonds. The maximum absolute atomic E-state index is 5.60. The number of allylic oxidation sites excluding steroid dienone is 1. The fourth-order valence-electron chi connectivity index (χ4n) is 2.46. The van der Waals surface area contributed by atoms with Crippen LogP contribution in [0.25, 0.3) is 5.57 Å². The van der Waals surface area contributed by atoms with E-state index in [9.17, 15) is 0 Å². The number of fused-ring (bicyclic) bond motifs is 1. The molecule has 1 aliphatic carbocycles. The molecule has 0 heterocycles. The van der Waals surface area contributed by atoms with E-state index in [0.717, 1.165) is 23.1 Å². The van der Waals surface area contributed by atoms with Crippen molar-refractivity contribution in [2.45, 2.75) is 19.8 Å². The van der Waals surface area contributed by atoms with Crippen molar-refractivity contribution in [3.05, 3.63) is 33.3 Å². The molecule has 1 aromatic rings. The summed E-state index contributed by atoms with van der Waals surface area (Å²) in [6, 6.07) is 2.17. The van der Waals surface area contributed by atoms with Gasteiger partial charge in [0.1, 0.15) is 5.75 Å². The van der Waals surface area contributed by atoms with Gasteiger partial charge in [0.25, 0.3) is 0 Å². The van der Waals surface area contributed by atoms with Gasteiger partial charge in [0, 0.05) is 6.54 Å². The molecule has 2 rings (SSSR count). The van der Waals surface area contributed by atoms with Crippen LogP contribution in [-0.4, -0.2) is 13.7 Å². The summed E-state index contributed by atoms with van der Waals surface area (Å²) in [5.74, 6) is 0.934. The van der Waals surface area contributed by atoms with E-state index >= 15 is 0 Å². The van der Waals surface area contributed by atoms with Gasteiger partial charge in [-0.3, -0.25) is 0 Å². The molecule has 0 fully saturated rings. The van der Waals surface area contributed by atoms with Crippen molar-refractivity contribution >= 4 is 21.5 Å². The Balaban J connectivity index is 2.62. The average Bonchev–Trinajstić information content (AvgIpc) is 2.62. The smallest absolute Gasteiger partial charge is 0.136 e. The maximum atomic E-state index is 5.60. The Bertz CT molecular complexity index is 452. The first-order valence-electron chi connectivity index (χ1n) is 5.44. The van der Waals surface area contributed by atoms with Crippen molar-refractivity contribution < 1.29 is 4.74 Å². The molecule has 0 atom stereocenters. The van der Waals surface area contributed by atoms with Crippen molar-refractivity contribution in [2.24, 2.45) is 5.73 Å². The van der Waals surface area contributed by atoms with Gasteiger partial charge >= 0.3 is 0 Å². The molecule has 0 aliphatic heterocycles. The van der Waals surface area contributed by atoms with E-state index in [1.54, 1.807) is 7.11 Å². The highest BCUT2D eigenvalue weighted by Crippen LogP contribution is 2.42. The number of hydrogen-bond acceptors (Lipinski definition) is 2. The van der Waals surface area contributed by atoms with Crippen LogP contribution >= 0.6 is 15.9 Å². The molecule has 0 saturated heterocycles. The van der Waals surface area contributed by atoms with Gasteiger partial charge < -0.3 is 10.5 Å². The van der Waals surface area contributed by atoms with E-state index in [0.29, 0.717) is 6.54 Å². The lowest BCUT2D eigenvalue weighted by Gasteiger charge is -2.13. The van der Waals surface area contributed by atoms with Crippen LogP contribution in [0.3, 0.4) is 0 Å². The number of benzene rings is 1. The molecular weight excluding hydrogens is 266 g/mol. The normalized spacial score (nSPS) is 16.6. The van der Waals surface area contributed by atoms with E-state index in [1.165, 1.54) is 22.3 Å². The minimum absolute atomic E-state index is 0.604. The zero-order chi connectivity index (χ0) is 11.7. The van der Waals surface area contributed by atoms with Gasteiger partial charge in [0.15, 0.2) is 0 Å². The van der Waals surface area contributed by atoms with Gasteiger partial charge in [-0.1, -0.05) is 6.08 Å². The molecule has 0 spiro atoms. The summed E-state index contributed by atoms with van der Waals surface area (Å²) in [5, 5.41) is 0. The summed E-state index contributed by atoms with van der Waals surface area (Å²) in [6.45, 7) is 2.71. The molecule has 86 valence electrons. The lowest BCUT2D eigenvalue weighted by atomic mass is 10.00. The minimum Gasteiger partial charge on any atom is -0.495 e. The van der Waals surface area contributed by atoms with Crippen LogP contribution in [0.4, 0.5) is 0 Å². The highest BCUT2D eigenvalue weighted by atomic mass is 79.9. The topological polar surface area (TPSA) is 35.2 Å². The maximum Gasteiger partial charge on any atom is 0.136 e. The first kappa shape index (κ1) is 11.7. The molecular formula is C13H16BrNO. The molecule has 2 N–H and O–H groups in total. The fraction of sp³-hybridized carbons (Fsp3) is 0.385. The monoisotopic (exact) mass is 281 g/mol. The molecule has 0 aromatic heterocycles. The zero-order valence-electron chi connectivity index (χ0n) is 9.64. The van der Waals surface area contributed by atoms with Crippen LogP contribution in [-0.2, 0) is 6.42 Å². The molecule has 0 bridgehead atoms. The predicted molar refractivity (Wildman–Crippen MR) is 70.8 cm³/mol. The van der Waals surface area contributed by atoms with Crippen LogP contribution in [0.5, 0.6) is 5.75 Å². The Labute approximate surface area is 105 Å². The third kappa shape index (κ3) is 1.78. The SMILES string of the molecule is COc1c(Br)cc2c(c1C)/C(=C/CN)CC2. The average molecular weight is 282 g/mol. The third-order valence-electron chi connectivity index (χ3n) is 3.11. The Morgan fingerprint density at radius 3 is 2.88 bits per heavy atom. The Hall–Kier alpha value is -0.800. The van der Waals surface area contributed by atoms with Gasteiger partial charge in [-0.2, -0.15) is 0 Å². The molecule has 1 aliphatic rings. The lowest BCUT2D eigenvalue weighted by Crippen LogP contribution is -1.97. The van der Waals surface area contributed by atoms with Crippen molar-refractivity contribution in [3.8, 4) is 5.75 Å². The Kier molecular flexibility index (Phi) is 3.36. The van der Waals surface area contributed by atoms with Crippen molar-refractivity contribution in [1.29, 1.82) is 0 Å². The molecule has 2 nitrogen and oxygen atoms in total. The molecule has 1 aromatic carbocycles. The summed E-state index contributed by atoms with van der Waals surface area (Å²) in [4.78, 5) is 0. The number of ether oxygens (including phenoxy) is 1. The number of halogens is 1. The van der Waals surface area contributed by atoms with Crippen molar-refractivity contribution in [3.63, 3.8) is 0 Å². The van der Waals surface area contributed by atoms with E-state index in [2.05, 4.69) is 35.0 Å². The molecule has 16 heavy (non-hydrogen) atoms. The Morgan fingerprint density at radius 1 is 1.50 bits per heavy atom.